The molecule has 6 heteroatoms. The van der Waals surface area contributed by atoms with Crippen molar-refractivity contribution >= 4 is 11.3 Å². The highest BCUT2D eigenvalue weighted by Gasteiger charge is 2.13. The minimum Gasteiger partial charge on any atom is -0.418 e. The second-order valence-electron chi connectivity index (χ2n) is 2.83. The second-order valence-corrected chi connectivity index (χ2v) is 3.55. The number of nitrogens with one attached hydrogen (secondary N) is 1. The molecule has 0 saturated carbocycles. The van der Waals surface area contributed by atoms with E-state index in [0.29, 0.717) is 11.8 Å². The average molecular weight is 210 g/mol. The number of hydrogen-bond acceptors (Lipinski definition) is 6. The zero-order valence-electron chi connectivity index (χ0n) is 7.89. The topological polar surface area (TPSA) is 63.8 Å². The maximum atomic E-state index is 5.44. The van der Waals surface area contributed by atoms with Gasteiger partial charge in [-0.3, -0.25) is 0 Å². The van der Waals surface area contributed by atoms with Crippen molar-refractivity contribution in [3.8, 4) is 11.6 Å². The van der Waals surface area contributed by atoms with Crippen molar-refractivity contribution in [3.05, 3.63) is 16.8 Å². The van der Waals surface area contributed by atoms with E-state index in [9.17, 15) is 0 Å². The molecule has 2 aromatic heterocycles. The molecule has 0 spiro atoms. The van der Waals surface area contributed by atoms with Crippen LogP contribution in [0.2, 0.25) is 0 Å². The molecular formula is C8H10N4OS. The summed E-state index contributed by atoms with van der Waals surface area (Å²) in [6, 6.07) is 0.0647. The fraction of sp³-hybridized carbons (Fsp3) is 0.375. The molecule has 0 fully saturated rings. The molecule has 0 amide bonds. The zero-order valence-corrected chi connectivity index (χ0v) is 8.71. The molecule has 0 radical (unpaired) electrons. The first-order valence-electron chi connectivity index (χ1n) is 4.20. The van der Waals surface area contributed by atoms with E-state index < -0.39 is 0 Å². The maximum Gasteiger partial charge on any atom is 0.267 e. The summed E-state index contributed by atoms with van der Waals surface area (Å²) in [5, 5.41) is 12.7. The van der Waals surface area contributed by atoms with Gasteiger partial charge in [-0.2, -0.15) is 0 Å². The Balaban J connectivity index is 2.26. The van der Waals surface area contributed by atoms with Crippen LogP contribution in [0, 0.1) is 0 Å². The van der Waals surface area contributed by atoms with Crippen LogP contribution in [-0.4, -0.2) is 22.2 Å². The van der Waals surface area contributed by atoms with E-state index in [0.717, 1.165) is 5.69 Å². The molecule has 2 aromatic rings. The molecule has 14 heavy (non-hydrogen) atoms. The Kier molecular flexibility index (Phi) is 2.55. The molecule has 0 aliphatic rings. The summed E-state index contributed by atoms with van der Waals surface area (Å²) in [6.07, 6.45) is 0. The van der Waals surface area contributed by atoms with E-state index in [1.807, 2.05) is 19.4 Å². The minimum atomic E-state index is 0.0647. The Morgan fingerprint density at radius 3 is 3.00 bits per heavy atom. The lowest BCUT2D eigenvalue weighted by atomic mass is 10.3. The average Bonchev–Trinajstić information content (AvgIpc) is 2.86. The van der Waals surface area contributed by atoms with E-state index in [-0.39, 0.29) is 6.04 Å². The molecule has 2 heterocycles. The normalized spacial score (nSPS) is 13.0. The second kappa shape index (κ2) is 3.85. The quantitative estimate of drug-likeness (QED) is 0.831. The minimum absolute atomic E-state index is 0.0647. The van der Waals surface area contributed by atoms with E-state index in [1.54, 1.807) is 5.51 Å². The van der Waals surface area contributed by atoms with Gasteiger partial charge in [-0.15, -0.1) is 21.5 Å². The molecule has 1 atom stereocenters. The molecule has 1 unspecified atom stereocenters. The number of nitrogens with zero attached hydrogens (tertiary/aromatic N) is 3. The number of rotatable bonds is 3. The summed E-state index contributed by atoms with van der Waals surface area (Å²) >= 11 is 1.50. The molecule has 0 aromatic carbocycles. The summed E-state index contributed by atoms with van der Waals surface area (Å²) in [5.74, 6) is 1.05. The Labute approximate surface area is 85.2 Å². The van der Waals surface area contributed by atoms with Crippen LogP contribution in [0.5, 0.6) is 0 Å². The lowest BCUT2D eigenvalue weighted by Crippen LogP contribution is -2.12. The fourth-order valence-electron chi connectivity index (χ4n) is 0.955. The van der Waals surface area contributed by atoms with Gasteiger partial charge in [-0.1, -0.05) is 0 Å². The lowest BCUT2D eigenvalue weighted by molar-refractivity contribution is 0.440. The van der Waals surface area contributed by atoms with Gasteiger partial charge in [0.05, 0.1) is 11.6 Å². The van der Waals surface area contributed by atoms with Crippen LogP contribution in [-0.2, 0) is 0 Å². The van der Waals surface area contributed by atoms with Crippen molar-refractivity contribution in [1.29, 1.82) is 0 Å². The Hall–Kier alpha value is -1.27. The monoisotopic (exact) mass is 210 g/mol. The van der Waals surface area contributed by atoms with Gasteiger partial charge in [0.2, 0.25) is 5.89 Å². The van der Waals surface area contributed by atoms with Gasteiger partial charge in [0.1, 0.15) is 5.69 Å². The van der Waals surface area contributed by atoms with Crippen molar-refractivity contribution in [2.24, 2.45) is 0 Å². The van der Waals surface area contributed by atoms with Gasteiger partial charge in [0.15, 0.2) is 0 Å². The smallest absolute Gasteiger partial charge is 0.267 e. The van der Waals surface area contributed by atoms with Gasteiger partial charge < -0.3 is 9.73 Å². The number of aromatic nitrogens is 3. The van der Waals surface area contributed by atoms with Gasteiger partial charge in [-0.05, 0) is 14.0 Å². The summed E-state index contributed by atoms with van der Waals surface area (Å²) < 4.78 is 5.44. The first kappa shape index (κ1) is 9.29. The van der Waals surface area contributed by atoms with E-state index in [2.05, 4.69) is 20.5 Å². The Morgan fingerprint density at radius 2 is 2.36 bits per heavy atom. The van der Waals surface area contributed by atoms with Gasteiger partial charge in [-0.25, -0.2) is 4.98 Å². The molecule has 0 aliphatic heterocycles. The third-order valence-corrected chi connectivity index (χ3v) is 2.48. The van der Waals surface area contributed by atoms with Crippen LogP contribution in [0.4, 0.5) is 0 Å². The van der Waals surface area contributed by atoms with Crippen molar-refractivity contribution < 1.29 is 4.42 Å². The van der Waals surface area contributed by atoms with Crippen molar-refractivity contribution in [2.45, 2.75) is 13.0 Å². The summed E-state index contributed by atoms with van der Waals surface area (Å²) in [7, 11) is 1.84. The SMILES string of the molecule is CNC(C)c1nnc(-c2cscn2)o1. The molecule has 74 valence electrons. The van der Waals surface area contributed by atoms with Crippen molar-refractivity contribution in [1.82, 2.24) is 20.5 Å². The summed E-state index contributed by atoms with van der Waals surface area (Å²) in [4.78, 5) is 4.09. The summed E-state index contributed by atoms with van der Waals surface area (Å²) in [6.45, 7) is 1.96. The largest absolute Gasteiger partial charge is 0.418 e. The van der Waals surface area contributed by atoms with Crippen LogP contribution in [0.25, 0.3) is 11.6 Å². The molecule has 0 aliphatic carbocycles. The molecule has 0 bridgehead atoms. The fourth-order valence-corrected chi connectivity index (χ4v) is 1.48. The van der Waals surface area contributed by atoms with Crippen LogP contribution in [0.3, 0.4) is 0 Å². The van der Waals surface area contributed by atoms with Crippen molar-refractivity contribution in [2.75, 3.05) is 7.05 Å². The molecule has 1 N–H and O–H groups in total. The molecular weight excluding hydrogens is 200 g/mol. The van der Waals surface area contributed by atoms with Gasteiger partial charge in [0, 0.05) is 5.38 Å². The summed E-state index contributed by atoms with van der Waals surface area (Å²) in [5.41, 5.74) is 2.47. The number of thiazole rings is 1. The third-order valence-electron chi connectivity index (χ3n) is 1.90. The maximum absolute atomic E-state index is 5.44. The predicted octanol–water partition coefficient (Wildman–Crippen LogP) is 1.47. The Morgan fingerprint density at radius 1 is 1.50 bits per heavy atom. The predicted molar refractivity (Wildman–Crippen MR) is 52.9 cm³/mol. The van der Waals surface area contributed by atoms with E-state index in [1.165, 1.54) is 11.3 Å². The zero-order chi connectivity index (χ0) is 9.97. The van der Waals surface area contributed by atoms with Gasteiger partial charge in [0.25, 0.3) is 5.89 Å². The number of hydrogen-bond donors (Lipinski definition) is 1. The highest BCUT2D eigenvalue weighted by Crippen LogP contribution is 2.19. The van der Waals surface area contributed by atoms with Crippen LogP contribution in [0.1, 0.15) is 18.9 Å². The van der Waals surface area contributed by atoms with Crippen LogP contribution < -0.4 is 5.32 Å². The van der Waals surface area contributed by atoms with Crippen molar-refractivity contribution in [3.63, 3.8) is 0 Å². The first-order valence-corrected chi connectivity index (χ1v) is 5.14. The molecule has 2 rings (SSSR count). The third kappa shape index (κ3) is 1.66. The first-order chi connectivity index (χ1) is 6.81. The van der Waals surface area contributed by atoms with E-state index >= 15 is 0 Å². The standard InChI is InChI=1S/C8H10N4OS/c1-5(9-2)7-11-12-8(13-7)6-3-14-4-10-6/h3-5,9H,1-2H3. The molecule has 0 saturated heterocycles. The molecule has 5 nitrogen and oxygen atoms in total. The van der Waals surface area contributed by atoms with Crippen LogP contribution >= 0.6 is 11.3 Å². The van der Waals surface area contributed by atoms with Gasteiger partial charge >= 0.3 is 0 Å². The Bertz CT molecular complexity index is 397. The lowest BCUT2D eigenvalue weighted by Gasteiger charge is -2.01. The highest BCUT2D eigenvalue weighted by atomic mass is 32.1. The van der Waals surface area contributed by atoms with Crippen LogP contribution in [0.15, 0.2) is 15.3 Å². The van der Waals surface area contributed by atoms with E-state index in [4.69, 9.17) is 4.42 Å². The highest BCUT2D eigenvalue weighted by molar-refractivity contribution is 7.07.